The molecule has 3 aromatic rings. The topological polar surface area (TPSA) is 56.6 Å². The van der Waals surface area contributed by atoms with Crippen LogP contribution in [0.3, 0.4) is 0 Å². The second kappa shape index (κ2) is 9.52. The van der Waals surface area contributed by atoms with Crippen molar-refractivity contribution in [1.29, 1.82) is 0 Å². The molecule has 0 saturated carbocycles. The first kappa shape index (κ1) is 20.8. The van der Waals surface area contributed by atoms with Crippen LogP contribution in [-0.2, 0) is 17.9 Å². The predicted molar refractivity (Wildman–Crippen MR) is 117 cm³/mol. The highest BCUT2D eigenvalue weighted by atomic mass is 32.2. The summed E-state index contributed by atoms with van der Waals surface area (Å²) in [6.07, 6.45) is 1.84. The number of benzene rings is 2. The molecule has 0 spiro atoms. The maximum atomic E-state index is 12.7. The number of ether oxygens (including phenoxy) is 2. The third-order valence-corrected chi connectivity index (χ3v) is 5.51. The molecular weight excluding hydrogens is 386 g/mol. The first-order chi connectivity index (χ1) is 14.1. The number of thioether (sulfide) groups is 1. The lowest BCUT2D eigenvalue weighted by molar-refractivity contribution is -0.127. The summed E-state index contributed by atoms with van der Waals surface area (Å²) in [5.74, 6) is 1.66. The Balaban J connectivity index is 1.67. The normalized spacial score (nSPS) is 10.7. The van der Waals surface area contributed by atoms with Crippen LogP contribution in [0.4, 0.5) is 0 Å². The van der Waals surface area contributed by atoms with Crippen LogP contribution in [0, 0.1) is 0 Å². The molecule has 7 heteroatoms. The van der Waals surface area contributed by atoms with Gasteiger partial charge in [0.15, 0.2) is 16.7 Å². The number of hydrogen-bond acceptors (Lipinski definition) is 5. The van der Waals surface area contributed by atoms with Crippen molar-refractivity contribution in [3.63, 3.8) is 0 Å². The molecule has 0 fully saturated rings. The molecule has 0 bridgehead atoms. The molecule has 0 aliphatic carbocycles. The summed E-state index contributed by atoms with van der Waals surface area (Å²) in [7, 11) is 5.00. The van der Waals surface area contributed by atoms with Gasteiger partial charge >= 0.3 is 0 Å². The van der Waals surface area contributed by atoms with Crippen molar-refractivity contribution in [2.75, 3.05) is 27.0 Å². The number of allylic oxidation sites excluding steroid dienone is 1. The van der Waals surface area contributed by atoms with Crippen LogP contribution in [0.25, 0.3) is 11.0 Å². The highest BCUT2D eigenvalue weighted by Crippen LogP contribution is 2.28. The summed E-state index contributed by atoms with van der Waals surface area (Å²) >= 11 is 1.44. The number of methoxy groups -OCH3 is 2. The van der Waals surface area contributed by atoms with Gasteiger partial charge in [0, 0.05) is 20.1 Å². The molecular formula is C22H25N3O3S. The zero-order chi connectivity index (χ0) is 20.8. The predicted octanol–water partition coefficient (Wildman–Crippen LogP) is 3.99. The number of nitrogens with zero attached hydrogens (tertiary/aromatic N) is 3. The summed E-state index contributed by atoms with van der Waals surface area (Å²) in [6, 6.07) is 13.6. The van der Waals surface area contributed by atoms with Gasteiger partial charge in [0.05, 0.1) is 31.0 Å². The number of hydrogen-bond donors (Lipinski definition) is 0. The number of aromatic nitrogens is 2. The fourth-order valence-corrected chi connectivity index (χ4v) is 4.01. The smallest absolute Gasteiger partial charge is 0.233 e. The van der Waals surface area contributed by atoms with Gasteiger partial charge in [0.1, 0.15) is 0 Å². The van der Waals surface area contributed by atoms with Crippen LogP contribution >= 0.6 is 11.8 Å². The number of para-hydroxylation sites is 2. The molecule has 2 aromatic carbocycles. The SMILES string of the molecule is C=CCn1c(SCC(=O)N(C)Cc2ccc(OC)c(OC)c2)nc2ccccc21. The van der Waals surface area contributed by atoms with Gasteiger partial charge in [-0.15, -0.1) is 6.58 Å². The molecule has 0 saturated heterocycles. The number of rotatable bonds is 9. The Morgan fingerprint density at radius 3 is 2.69 bits per heavy atom. The fourth-order valence-electron chi connectivity index (χ4n) is 3.05. The second-order valence-electron chi connectivity index (χ2n) is 6.51. The quantitative estimate of drug-likeness (QED) is 0.394. The summed E-state index contributed by atoms with van der Waals surface area (Å²) in [6.45, 7) is 4.97. The van der Waals surface area contributed by atoms with Crippen molar-refractivity contribution < 1.29 is 14.3 Å². The molecule has 152 valence electrons. The van der Waals surface area contributed by atoms with Crippen LogP contribution in [0.15, 0.2) is 60.3 Å². The highest BCUT2D eigenvalue weighted by Gasteiger charge is 2.15. The van der Waals surface area contributed by atoms with Gasteiger partial charge in [-0.2, -0.15) is 0 Å². The van der Waals surface area contributed by atoms with Crippen molar-refractivity contribution in [3.05, 3.63) is 60.7 Å². The molecule has 1 amide bonds. The van der Waals surface area contributed by atoms with E-state index < -0.39 is 0 Å². The van der Waals surface area contributed by atoms with E-state index in [0.29, 0.717) is 30.3 Å². The molecule has 0 aliphatic rings. The molecule has 1 heterocycles. The minimum Gasteiger partial charge on any atom is -0.493 e. The summed E-state index contributed by atoms with van der Waals surface area (Å²) in [4.78, 5) is 19.0. The van der Waals surface area contributed by atoms with E-state index in [1.165, 1.54) is 11.8 Å². The van der Waals surface area contributed by atoms with Crippen LogP contribution < -0.4 is 9.47 Å². The Kier molecular flexibility index (Phi) is 6.82. The molecule has 3 rings (SSSR count). The van der Waals surface area contributed by atoms with E-state index in [2.05, 4.69) is 16.1 Å². The first-order valence-electron chi connectivity index (χ1n) is 9.21. The van der Waals surface area contributed by atoms with E-state index in [1.807, 2.05) is 48.5 Å². The van der Waals surface area contributed by atoms with Crippen LogP contribution in [0.1, 0.15) is 5.56 Å². The van der Waals surface area contributed by atoms with Gasteiger partial charge in [-0.3, -0.25) is 4.79 Å². The van der Waals surface area contributed by atoms with Crippen molar-refractivity contribution in [2.24, 2.45) is 0 Å². The molecule has 0 N–H and O–H groups in total. The lowest BCUT2D eigenvalue weighted by atomic mass is 10.2. The third-order valence-electron chi connectivity index (χ3n) is 4.55. The zero-order valence-corrected chi connectivity index (χ0v) is 17.7. The Bertz CT molecular complexity index is 1020. The van der Waals surface area contributed by atoms with E-state index in [-0.39, 0.29) is 5.91 Å². The van der Waals surface area contributed by atoms with Gasteiger partial charge in [0.25, 0.3) is 0 Å². The summed E-state index contributed by atoms with van der Waals surface area (Å²) < 4.78 is 12.7. The number of imidazole rings is 1. The molecule has 0 atom stereocenters. The minimum absolute atomic E-state index is 0.0296. The Hall–Kier alpha value is -2.93. The van der Waals surface area contributed by atoms with Gasteiger partial charge in [-0.25, -0.2) is 4.98 Å². The number of carbonyl (C=O) groups is 1. The molecule has 29 heavy (non-hydrogen) atoms. The molecule has 1 aromatic heterocycles. The minimum atomic E-state index is 0.0296. The van der Waals surface area contributed by atoms with Gasteiger partial charge in [0.2, 0.25) is 5.91 Å². The monoisotopic (exact) mass is 411 g/mol. The number of amides is 1. The molecule has 6 nitrogen and oxygen atoms in total. The van der Waals surface area contributed by atoms with Crippen LogP contribution in [-0.4, -0.2) is 47.4 Å². The van der Waals surface area contributed by atoms with E-state index in [0.717, 1.165) is 21.8 Å². The van der Waals surface area contributed by atoms with E-state index in [4.69, 9.17) is 9.47 Å². The second-order valence-corrected chi connectivity index (χ2v) is 7.45. The Morgan fingerprint density at radius 1 is 1.21 bits per heavy atom. The van der Waals surface area contributed by atoms with Crippen molar-refractivity contribution in [3.8, 4) is 11.5 Å². The van der Waals surface area contributed by atoms with Crippen molar-refractivity contribution in [2.45, 2.75) is 18.2 Å². The number of carbonyl (C=O) groups excluding carboxylic acids is 1. The first-order valence-corrected chi connectivity index (χ1v) is 10.2. The number of fused-ring (bicyclic) bond motifs is 1. The standard InChI is InChI=1S/C22H25N3O3S/c1-5-12-25-18-9-7-6-8-17(18)23-22(25)29-15-21(26)24(2)14-16-10-11-19(27-3)20(13-16)28-4/h5-11,13H,1,12,14-15H2,2-4H3. The molecule has 0 aliphatic heterocycles. The maximum absolute atomic E-state index is 12.7. The average molecular weight is 412 g/mol. The Morgan fingerprint density at radius 2 is 1.97 bits per heavy atom. The lowest BCUT2D eigenvalue weighted by Gasteiger charge is -2.18. The molecule has 0 radical (unpaired) electrons. The zero-order valence-electron chi connectivity index (χ0n) is 16.9. The third kappa shape index (κ3) is 4.74. The van der Waals surface area contributed by atoms with Crippen LogP contribution in [0.5, 0.6) is 11.5 Å². The van der Waals surface area contributed by atoms with Gasteiger partial charge < -0.3 is 18.9 Å². The summed E-state index contributed by atoms with van der Waals surface area (Å²) in [5.41, 5.74) is 2.94. The fraction of sp³-hybridized carbons (Fsp3) is 0.273. The van der Waals surface area contributed by atoms with E-state index in [9.17, 15) is 4.79 Å². The van der Waals surface area contributed by atoms with E-state index >= 15 is 0 Å². The highest BCUT2D eigenvalue weighted by molar-refractivity contribution is 7.99. The van der Waals surface area contributed by atoms with Gasteiger partial charge in [-0.1, -0.05) is 36.0 Å². The Labute approximate surface area is 175 Å². The van der Waals surface area contributed by atoms with E-state index in [1.54, 1.807) is 26.2 Å². The lowest BCUT2D eigenvalue weighted by Crippen LogP contribution is -2.28. The maximum Gasteiger partial charge on any atom is 0.233 e. The van der Waals surface area contributed by atoms with Crippen LogP contribution in [0.2, 0.25) is 0 Å². The largest absolute Gasteiger partial charge is 0.493 e. The molecule has 0 unspecified atom stereocenters. The van der Waals surface area contributed by atoms with Gasteiger partial charge in [-0.05, 0) is 29.8 Å². The van der Waals surface area contributed by atoms with Crippen molar-refractivity contribution in [1.82, 2.24) is 14.5 Å². The average Bonchev–Trinajstić information content (AvgIpc) is 3.09. The van der Waals surface area contributed by atoms with Crippen molar-refractivity contribution >= 4 is 28.7 Å². The summed E-state index contributed by atoms with van der Waals surface area (Å²) in [5, 5.41) is 0.818.